The summed E-state index contributed by atoms with van der Waals surface area (Å²) < 4.78 is 11.4. The van der Waals surface area contributed by atoms with Gasteiger partial charge in [-0.25, -0.2) is 9.97 Å². The van der Waals surface area contributed by atoms with Gasteiger partial charge in [-0.05, 0) is 35.4 Å². The molecule has 0 amide bonds. The lowest BCUT2D eigenvalue weighted by molar-refractivity contribution is 0.288. The van der Waals surface area contributed by atoms with Gasteiger partial charge < -0.3 is 9.47 Å². The molecule has 2 aromatic heterocycles. The average Bonchev–Trinajstić information content (AvgIpc) is 2.78. The molecule has 0 saturated carbocycles. The Bertz CT molecular complexity index is 1070. The zero-order valence-electron chi connectivity index (χ0n) is 15.3. The Hall–Kier alpha value is -3.80. The molecule has 0 atom stereocenters. The minimum atomic E-state index is 0.282. The summed E-state index contributed by atoms with van der Waals surface area (Å²) in [5.41, 5.74) is 4.56. The van der Waals surface area contributed by atoms with Crippen LogP contribution in [-0.2, 0) is 6.61 Å². The van der Waals surface area contributed by atoms with E-state index >= 15 is 0 Å². The molecule has 28 heavy (non-hydrogen) atoms. The maximum Gasteiger partial charge on any atom is 0.224 e. The molecule has 138 valence electrons. The Balaban J connectivity index is 1.66. The fourth-order valence-electron chi connectivity index (χ4n) is 2.92. The number of hydrogen-bond donors (Lipinski definition) is 0. The van der Waals surface area contributed by atoms with Crippen LogP contribution in [0, 0.1) is 0 Å². The molecule has 0 aliphatic rings. The van der Waals surface area contributed by atoms with Crippen LogP contribution >= 0.6 is 0 Å². The summed E-state index contributed by atoms with van der Waals surface area (Å²) in [6.45, 7) is 0.282. The summed E-state index contributed by atoms with van der Waals surface area (Å²) in [6, 6.07) is 19.7. The maximum absolute atomic E-state index is 5.89. The summed E-state index contributed by atoms with van der Waals surface area (Å²) >= 11 is 0. The van der Waals surface area contributed by atoms with Crippen molar-refractivity contribution in [2.75, 3.05) is 7.11 Å². The first-order valence-electron chi connectivity index (χ1n) is 8.78. The van der Waals surface area contributed by atoms with E-state index in [-0.39, 0.29) is 6.61 Å². The van der Waals surface area contributed by atoms with Gasteiger partial charge in [-0.1, -0.05) is 36.4 Å². The Labute approximate surface area is 162 Å². The van der Waals surface area contributed by atoms with Crippen LogP contribution in [0.5, 0.6) is 11.6 Å². The van der Waals surface area contributed by atoms with E-state index in [0.717, 1.165) is 33.7 Å². The Morgan fingerprint density at radius 1 is 0.893 bits per heavy atom. The molecule has 0 aliphatic carbocycles. The highest BCUT2D eigenvalue weighted by Gasteiger charge is 2.11. The van der Waals surface area contributed by atoms with Crippen molar-refractivity contribution in [3.8, 4) is 33.9 Å². The van der Waals surface area contributed by atoms with E-state index in [0.29, 0.717) is 5.88 Å². The molecule has 6 nitrogen and oxygen atoms in total. The third-order valence-corrected chi connectivity index (χ3v) is 4.25. The molecule has 2 aromatic carbocycles. The number of methoxy groups -OCH3 is 1. The number of rotatable bonds is 6. The van der Waals surface area contributed by atoms with Gasteiger partial charge in [-0.3, -0.25) is 0 Å². The van der Waals surface area contributed by atoms with Crippen molar-refractivity contribution >= 4 is 0 Å². The maximum atomic E-state index is 5.89. The van der Waals surface area contributed by atoms with E-state index in [1.165, 1.54) is 6.33 Å². The molecule has 0 radical (unpaired) electrons. The molecule has 6 heteroatoms. The number of ether oxygens (including phenoxy) is 2. The van der Waals surface area contributed by atoms with E-state index < -0.39 is 0 Å². The predicted octanol–water partition coefficient (Wildman–Crippen LogP) is 4.19. The highest BCUT2D eigenvalue weighted by molar-refractivity contribution is 5.77. The first-order chi connectivity index (χ1) is 13.8. The highest BCUT2D eigenvalue weighted by atomic mass is 16.5. The van der Waals surface area contributed by atoms with E-state index in [1.54, 1.807) is 19.5 Å². The smallest absolute Gasteiger partial charge is 0.224 e. The van der Waals surface area contributed by atoms with Crippen LogP contribution in [0.2, 0.25) is 0 Å². The van der Waals surface area contributed by atoms with Gasteiger partial charge in [0.2, 0.25) is 5.88 Å². The van der Waals surface area contributed by atoms with E-state index in [2.05, 4.69) is 26.2 Å². The van der Waals surface area contributed by atoms with E-state index in [9.17, 15) is 0 Å². The number of aromatic nitrogens is 4. The molecule has 0 saturated heterocycles. The molecule has 0 fully saturated rings. The largest absolute Gasteiger partial charge is 0.496 e. The Morgan fingerprint density at radius 2 is 1.75 bits per heavy atom. The van der Waals surface area contributed by atoms with Gasteiger partial charge in [-0.15, -0.1) is 0 Å². The van der Waals surface area contributed by atoms with Gasteiger partial charge in [0.15, 0.2) is 0 Å². The van der Waals surface area contributed by atoms with Crippen molar-refractivity contribution in [1.29, 1.82) is 0 Å². The summed E-state index contributed by atoms with van der Waals surface area (Å²) in [7, 11) is 1.67. The topological polar surface area (TPSA) is 70.0 Å². The minimum Gasteiger partial charge on any atom is -0.496 e. The van der Waals surface area contributed by atoms with Gasteiger partial charge in [0, 0.05) is 18.0 Å². The average molecular weight is 370 g/mol. The highest BCUT2D eigenvalue weighted by Crippen LogP contribution is 2.34. The van der Waals surface area contributed by atoms with Crippen molar-refractivity contribution < 1.29 is 9.47 Å². The summed E-state index contributed by atoms with van der Waals surface area (Å²) in [6.07, 6.45) is 4.85. The molecule has 0 spiro atoms. The molecule has 0 bridgehead atoms. The van der Waals surface area contributed by atoms with Crippen molar-refractivity contribution in [2.45, 2.75) is 6.61 Å². The number of benzene rings is 2. The summed E-state index contributed by atoms with van der Waals surface area (Å²) in [5.74, 6) is 1.32. The van der Waals surface area contributed by atoms with Crippen LogP contribution in [0.3, 0.4) is 0 Å². The fraction of sp³-hybridized carbons (Fsp3) is 0.0909. The first kappa shape index (κ1) is 17.6. The van der Waals surface area contributed by atoms with Gasteiger partial charge >= 0.3 is 0 Å². The summed E-state index contributed by atoms with van der Waals surface area (Å²) in [4.78, 5) is 8.47. The zero-order chi connectivity index (χ0) is 19.2. The number of para-hydroxylation sites is 1. The number of nitrogens with zero attached hydrogens (tertiary/aromatic N) is 4. The molecule has 4 aromatic rings. The lowest BCUT2D eigenvalue weighted by Gasteiger charge is -2.12. The fourth-order valence-corrected chi connectivity index (χ4v) is 2.92. The molecular formula is C22H18N4O2. The van der Waals surface area contributed by atoms with Crippen LogP contribution < -0.4 is 9.47 Å². The molecule has 2 heterocycles. The molecule has 0 N–H and O–H groups in total. The Morgan fingerprint density at radius 3 is 2.57 bits per heavy atom. The van der Waals surface area contributed by atoms with Gasteiger partial charge in [-0.2, -0.15) is 10.2 Å². The quantitative estimate of drug-likeness (QED) is 0.507. The SMILES string of the molecule is COc1ccccc1-c1cccc(-c2cncnc2OCc2cccnn2)c1. The van der Waals surface area contributed by atoms with Crippen molar-refractivity contribution in [2.24, 2.45) is 0 Å². The standard InChI is InChI=1S/C22H18N4O2/c1-27-21-10-3-2-9-19(21)16-6-4-7-17(12-16)20-13-23-15-24-22(20)28-14-18-8-5-11-25-26-18/h2-13,15H,14H2,1H3. The second-order valence-electron chi connectivity index (χ2n) is 6.03. The van der Waals surface area contributed by atoms with Crippen molar-refractivity contribution in [1.82, 2.24) is 20.2 Å². The second kappa shape index (κ2) is 8.26. The normalized spacial score (nSPS) is 10.5. The molecular weight excluding hydrogens is 352 g/mol. The molecule has 0 unspecified atom stereocenters. The van der Waals surface area contributed by atoms with Crippen LogP contribution in [-0.4, -0.2) is 27.3 Å². The van der Waals surface area contributed by atoms with Crippen LogP contribution in [0.25, 0.3) is 22.3 Å². The van der Waals surface area contributed by atoms with Crippen molar-refractivity contribution in [3.63, 3.8) is 0 Å². The molecule has 4 rings (SSSR count). The molecule has 0 aliphatic heterocycles. The van der Waals surface area contributed by atoms with Gasteiger partial charge in [0.1, 0.15) is 24.4 Å². The monoisotopic (exact) mass is 370 g/mol. The van der Waals surface area contributed by atoms with Gasteiger partial charge in [0.25, 0.3) is 0 Å². The second-order valence-corrected chi connectivity index (χ2v) is 6.03. The lowest BCUT2D eigenvalue weighted by Crippen LogP contribution is -2.02. The van der Waals surface area contributed by atoms with Crippen LogP contribution in [0.1, 0.15) is 5.69 Å². The third-order valence-electron chi connectivity index (χ3n) is 4.25. The van der Waals surface area contributed by atoms with E-state index in [4.69, 9.17) is 9.47 Å². The van der Waals surface area contributed by atoms with Gasteiger partial charge in [0.05, 0.1) is 12.7 Å². The predicted molar refractivity (Wildman–Crippen MR) is 106 cm³/mol. The van der Waals surface area contributed by atoms with Crippen molar-refractivity contribution in [3.05, 3.63) is 85.1 Å². The third kappa shape index (κ3) is 3.81. The summed E-state index contributed by atoms with van der Waals surface area (Å²) in [5, 5.41) is 7.90. The van der Waals surface area contributed by atoms with E-state index in [1.807, 2.05) is 54.6 Å². The van der Waals surface area contributed by atoms with Crippen LogP contribution in [0.15, 0.2) is 79.4 Å². The zero-order valence-corrected chi connectivity index (χ0v) is 15.3. The number of hydrogen-bond acceptors (Lipinski definition) is 6. The first-order valence-corrected chi connectivity index (χ1v) is 8.78. The Kier molecular flexibility index (Phi) is 5.20. The van der Waals surface area contributed by atoms with Crippen LogP contribution in [0.4, 0.5) is 0 Å². The minimum absolute atomic E-state index is 0.282. The lowest BCUT2D eigenvalue weighted by atomic mass is 9.99.